The van der Waals surface area contributed by atoms with E-state index in [0.717, 1.165) is 29.6 Å². The highest BCUT2D eigenvalue weighted by Crippen LogP contribution is 2.23. The summed E-state index contributed by atoms with van der Waals surface area (Å²) in [6.07, 6.45) is 2.99. The van der Waals surface area contributed by atoms with Gasteiger partial charge in [-0.25, -0.2) is 0 Å². The van der Waals surface area contributed by atoms with Crippen LogP contribution < -0.4 is 5.32 Å². The predicted octanol–water partition coefficient (Wildman–Crippen LogP) is 1.93. The largest absolute Gasteiger partial charge is 0.351 e. The minimum atomic E-state index is -0.0509. The molecule has 0 bridgehead atoms. The van der Waals surface area contributed by atoms with Crippen molar-refractivity contribution in [3.05, 3.63) is 53.5 Å². The quantitative estimate of drug-likeness (QED) is 0.749. The van der Waals surface area contributed by atoms with Crippen LogP contribution in [0.1, 0.15) is 33.0 Å². The predicted molar refractivity (Wildman–Crippen MR) is 90.1 cm³/mol. The second kappa shape index (κ2) is 5.63. The van der Waals surface area contributed by atoms with Crippen molar-refractivity contribution in [1.29, 1.82) is 0 Å². The number of nitrogens with one attached hydrogen (secondary N) is 1. The van der Waals surface area contributed by atoms with Gasteiger partial charge in [0.15, 0.2) is 5.78 Å². The van der Waals surface area contributed by atoms with Gasteiger partial charge in [-0.3, -0.25) is 14.3 Å². The van der Waals surface area contributed by atoms with E-state index in [1.165, 1.54) is 0 Å². The third-order valence-electron chi connectivity index (χ3n) is 4.41. The Kier molecular flexibility index (Phi) is 3.45. The molecule has 1 aliphatic heterocycles. The first kappa shape index (κ1) is 14.7. The van der Waals surface area contributed by atoms with Crippen LogP contribution >= 0.6 is 0 Å². The number of rotatable bonds is 3. The van der Waals surface area contributed by atoms with Crippen LogP contribution in [-0.2, 0) is 20.0 Å². The summed E-state index contributed by atoms with van der Waals surface area (Å²) in [5.41, 5.74) is 3.01. The number of aryl methyl sites for hydroxylation is 2. The molecule has 3 aromatic rings. The van der Waals surface area contributed by atoms with Crippen LogP contribution in [0.2, 0.25) is 0 Å². The van der Waals surface area contributed by atoms with Gasteiger partial charge in [-0.05, 0) is 24.6 Å². The highest BCUT2D eigenvalue weighted by molar-refractivity contribution is 6.03. The van der Waals surface area contributed by atoms with Gasteiger partial charge in [-0.1, -0.05) is 12.1 Å². The minimum absolute atomic E-state index is 0.0317. The summed E-state index contributed by atoms with van der Waals surface area (Å²) >= 11 is 0. The number of aromatic nitrogens is 3. The number of hydrogen-bond donors (Lipinski definition) is 1. The first-order valence-corrected chi connectivity index (χ1v) is 8.05. The fourth-order valence-electron chi connectivity index (χ4n) is 3.21. The number of nitrogens with zero attached hydrogens (tertiary/aromatic N) is 3. The summed E-state index contributed by atoms with van der Waals surface area (Å²) in [6, 6.07) is 9.37. The third kappa shape index (κ3) is 2.50. The number of Topliss-reactive ketones (excluding diaryl/α,β-unsaturated/α-hetero) is 1. The summed E-state index contributed by atoms with van der Waals surface area (Å²) in [4.78, 5) is 24.7. The van der Waals surface area contributed by atoms with Crippen molar-refractivity contribution in [2.45, 2.75) is 19.4 Å². The zero-order valence-corrected chi connectivity index (χ0v) is 13.5. The second-order valence-electron chi connectivity index (χ2n) is 6.14. The molecule has 0 saturated heterocycles. The first-order valence-electron chi connectivity index (χ1n) is 8.05. The summed E-state index contributed by atoms with van der Waals surface area (Å²) in [5, 5.41) is 8.14. The number of carbonyl (C=O) groups is 2. The van der Waals surface area contributed by atoms with Crippen molar-refractivity contribution in [2.75, 3.05) is 6.54 Å². The lowest BCUT2D eigenvalue weighted by Gasteiger charge is -2.06. The fourth-order valence-corrected chi connectivity index (χ4v) is 3.21. The molecule has 1 N–H and O–H groups in total. The van der Waals surface area contributed by atoms with Gasteiger partial charge >= 0.3 is 0 Å². The van der Waals surface area contributed by atoms with Crippen LogP contribution in [-0.4, -0.2) is 32.6 Å². The smallest absolute Gasteiger partial charge is 0.267 e. The molecule has 0 saturated carbocycles. The number of carbonyl (C=O) groups excluding carboxylic acids is 2. The average molecular weight is 322 g/mol. The molecule has 0 unspecified atom stereocenters. The zero-order valence-electron chi connectivity index (χ0n) is 13.5. The first-order chi connectivity index (χ1) is 11.6. The molecule has 0 radical (unpaired) electrons. The molecule has 0 aliphatic carbocycles. The Balaban J connectivity index is 1.71. The normalized spacial score (nSPS) is 14.3. The van der Waals surface area contributed by atoms with Crippen LogP contribution in [0.5, 0.6) is 0 Å². The summed E-state index contributed by atoms with van der Waals surface area (Å²) in [7, 11) is 1.83. The number of amides is 1. The van der Waals surface area contributed by atoms with Crippen LogP contribution in [0.3, 0.4) is 0 Å². The second-order valence-corrected chi connectivity index (χ2v) is 6.14. The summed E-state index contributed by atoms with van der Waals surface area (Å²) < 4.78 is 3.70. The molecule has 6 nitrogen and oxygen atoms in total. The van der Waals surface area contributed by atoms with Crippen molar-refractivity contribution in [2.24, 2.45) is 7.05 Å². The minimum Gasteiger partial charge on any atom is -0.351 e. The Morgan fingerprint density at radius 1 is 1.29 bits per heavy atom. The van der Waals surface area contributed by atoms with E-state index in [1.54, 1.807) is 4.68 Å². The Bertz CT molecular complexity index is 951. The van der Waals surface area contributed by atoms with Crippen molar-refractivity contribution in [3.8, 4) is 0 Å². The number of fused-ring (bicyclic) bond motifs is 3. The van der Waals surface area contributed by atoms with E-state index < -0.39 is 0 Å². The highest BCUT2D eigenvalue weighted by atomic mass is 16.2. The molecule has 3 heterocycles. The molecule has 1 aliphatic rings. The van der Waals surface area contributed by atoms with E-state index in [2.05, 4.69) is 10.4 Å². The molecule has 4 rings (SSSR count). The maximum Gasteiger partial charge on any atom is 0.267 e. The third-order valence-corrected chi connectivity index (χ3v) is 4.41. The average Bonchev–Trinajstić information content (AvgIpc) is 3.09. The van der Waals surface area contributed by atoms with Gasteiger partial charge < -0.3 is 9.88 Å². The lowest BCUT2D eigenvalue weighted by molar-refractivity contribution is 0.0950. The zero-order chi connectivity index (χ0) is 16.7. The molecular formula is C18H18N4O2. The molecular weight excluding hydrogens is 304 g/mol. The van der Waals surface area contributed by atoms with Gasteiger partial charge in [0, 0.05) is 42.8 Å². The topological polar surface area (TPSA) is 68.9 Å². The molecule has 1 amide bonds. The molecule has 2 aromatic heterocycles. The van der Waals surface area contributed by atoms with Gasteiger partial charge in [-0.2, -0.15) is 5.10 Å². The van der Waals surface area contributed by atoms with E-state index in [0.29, 0.717) is 17.8 Å². The van der Waals surface area contributed by atoms with Crippen LogP contribution in [0.15, 0.2) is 36.5 Å². The Hall–Kier alpha value is -2.89. The molecule has 0 fully saturated rings. The fraction of sp³-hybridized carbons (Fsp3) is 0.278. The monoisotopic (exact) mass is 322 g/mol. The molecule has 1 aromatic carbocycles. The number of ketones is 1. The van der Waals surface area contributed by atoms with Gasteiger partial charge in [0.2, 0.25) is 0 Å². The van der Waals surface area contributed by atoms with Gasteiger partial charge in [0.05, 0.1) is 12.1 Å². The van der Waals surface area contributed by atoms with Crippen molar-refractivity contribution >= 4 is 22.6 Å². The lowest BCUT2D eigenvalue weighted by Crippen LogP contribution is -2.22. The standard InChI is InChI=1S/C18H18N4O2/c1-21-8-5-14(20-21)11-17(23)13-4-3-12-9-16-18(24)19-6-2-7-22(16)15(12)10-13/h3-5,8-10H,2,6-7,11H2,1H3,(H,19,24). The molecule has 0 atom stereocenters. The summed E-state index contributed by atoms with van der Waals surface area (Å²) in [5.74, 6) is -0.0192. The number of hydrogen-bond acceptors (Lipinski definition) is 3. The lowest BCUT2D eigenvalue weighted by atomic mass is 10.1. The maximum absolute atomic E-state index is 12.6. The van der Waals surface area contributed by atoms with Crippen LogP contribution in [0.4, 0.5) is 0 Å². The van der Waals surface area contributed by atoms with E-state index in [9.17, 15) is 9.59 Å². The SMILES string of the molecule is Cn1ccc(CC(=O)c2ccc3cc4n(c3c2)CCCNC4=O)n1. The van der Waals surface area contributed by atoms with Crippen LogP contribution in [0.25, 0.3) is 10.9 Å². The highest BCUT2D eigenvalue weighted by Gasteiger charge is 2.19. The Morgan fingerprint density at radius 2 is 2.17 bits per heavy atom. The maximum atomic E-state index is 12.6. The van der Waals surface area contributed by atoms with Gasteiger partial charge in [0.25, 0.3) is 5.91 Å². The van der Waals surface area contributed by atoms with E-state index >= 15 is 0 Å². The Morgan fingerprint density at radius 3 is 2.96 bits per heavy atom. The van der Waals surface area contributed by atoms with Gasteiger partial charge in [0.1, 0.15) is 5.69 Å². The molecule has 122 valence electrons. The summed E-state index contributed by atoms with van der Waals surface area (Å²) in [6.45, 7) is 1.45. The number of benzene rings is 1. The molecule has 6 heteroatoms. The van der Waals surface area contributed by atoms with Crippen LogP contribution in [0, 0.1) is 0 Å². The van der Waals surface area contributed by atoms with Crippen molar-refractivity contribution in [3.63, 3.8) is 0 Å². The van der Waals surface area contributed by atoms with Gasteiger partial charge in [-0.15, -0.1) is 0 Å². The van der Waals surface area contributed by atoms with E-state index in [4.69, 9.17) is 0 Å². The molecule has 24 heavy (non-hydrogen) atoms. The van der Waals surface area contributed by atoms with Crippen molar-refractivity contribution in [1.82, 2.24) is 19.7 Å². The van der Waals surface area contributed by atoms with E-state index in [-0.39, 0.29) is 18.1 Å². The van der Waals surface area contributed by atoms with Crippen molar-refractivity contribution < 1.29 is 9.59 Å². The molecule has 0 spiro atoms. The Labute approximate surface area is 139 Å². The van der Waals surface area contributed by atoms with E-state index in [1.807, 2.05) is 48.1 Å².